The van der Waals surface area contributed by atoms with Crippen molar-refractivity contribution in [1.82, 2.24) is 5.32 Å². The van der Waals surface area contributed by atoms with Crippen LogP contribution in [-0.2, 0) is 4.79 Å². The highest BCUT2D eigenvalue weighted by molar-refractivity contribution is 6.30. The molecule has 0 aromatic heterocycles. The highest BCUT2D eigenvalue weighted by atomic mass is 35.5. The SMILES string of the molecule is O=C(CCC(=O)c1ccc(Cl)cc1)NCC1([NH+]2CCCCC2)CCCCC1. The van der Waals surface area contributed by atoms with E-state index >= 15 is 0 Å². The summed E-state index contributed by atoms with van der Waals surface area (Å²) in [6.07, 6.45) is 10.8. The third-order valence-corrected chi connectivity index (χ3v) is 6.64. The van der Waals surface area contributed by atoms with Crippen LogP contribution in [-0.4, -0.2) is 36.9 Å². The Balaban J connectivity index is 1.50. The van der Waals surface area contributed by atoms with Crippen molar-refractivity contribution in [2.24, 2.45) is 0 Å². The van der Waals surface area contributed by atoms with Gasteiger partial charge in [0.15, 0.2) is 5.78 Å². The van der Waals surface area contributed by atoms with E-state index in [-0.39, 0.29) is 30.1 Å². The minimum absolute atomic E-state index is 0.00123. The number of amides is 1. The summed E-state index contributed by atoms with van der Waals surface area (Å²) in [5.41, 5.74) is 0.836. The van der Waals surface area contributed by atoms with Crippen molar-refractivity contribution in [2.75, 3.05) is 19.6 Å². The zero-order valence-electron chi connectivity index (χ0n) is 16.2. The molecule has 148 valence electrons. The quantitative estimate of drug-likeness (QED) is 0.701. The van der Waals surface area contributed by atoms with E-state index in [9.17, 15) is 9.59 Å². The van der Waals surface area contributed by atoms with Gasteiger partial charge in [0.05, 0.1) is 19.6 Å². The second-order valence-corrected chi connectivity index (χ2v) is 8.65. The van der Waals surface area contributed by atoms with Crippen LogP contribution in [0.1, 0.15) is 74.6 Å². The third kappa shape index (κ3) is 5.55. The number of halogens is 1. The van der Waals surface area contributed by atoms with Gasteiger partial charge < -0.3 is 10.2 Å². The number of piperidine rings is 1. The normalized spacial score (nSPS) is 20.2. The molecule has 1 aliphatic heterocycles. The number of carbonyl (C=O) groups excluding carboxylic acids is 2. The number of hydrogen-bond donors (Lipinski definition) is 2. The number of benzene rings is 1. The number of likely N-dealkylation sites (tertiary alicyclic amines) is 1. The van der Waals surface area contributed by atoms with Crippen LogP contribution in [0.2, 0.25) is 5.02 Å². The lowest BCUT2D eigenvalue weighted by Gasteiger charge is -2.45. The average Bonchev–Trinajstić information content (AvgIpc) is 2.72. The fourth-order valence-corrected chi connectivity index (χ4v) is 4.88. The Kier molecular flexibility index (Phi) is 7.31. The molecule has 0 unspecified atom stereocenters. The molecule has 1 saturated carbocycles. The fourth-order valence-electron chi connectivity index (χ4n) is 4.76. The van der Waals surface area contributed by atoms with Crippen LogP contribution in [0.3, 0.4) is 0 Å². The molecule has 0 atom stereocenters. The molecular formula is C22H32ClN2O2+. The molecule has 1 amide bonds. The molecule has 1 aromatic rings. The summed E-state index contributed by atoms with van der Waals surface area (Å²) in [7, 11) is 0. The van der Waals surface area contributed by atoms with Crippen molar-refractivity contribution in [1.29, 1.82) is 0 Å². The van der Waals surface area contributed by atoms with Gasteiger partial charge in [-0.15, -0.1) is 0 Å². The van der Waals surface area contributed by atoms with Gasteiger partial charge in [-0.05, 0) is 56.4 Å². The highest BCUT2D eigenvalue weighted by Gasteiger charge is 2.42. The smallest absolute Gasteiger partial charge is 0.220 e. The molecule has 27 heavy (non-hydrogen) atoms. The molecule has 1 aliphatic carbocycles. The first kappa shape index (κ1) is 20.3. The third-order valence-electron chi connectivity index (χ3n) is 6.39. The van der Waals surface area contributed by atoms with Crippen LogP contribution in [0.4, 0.5) is 0 Å². The number of hydrogen-bond acceptors (Lipinski definition) is 2. The molecule has 0 radical (unpaired) electrons. The molecular weight excluding hydrogens is 360 g/mol. The second kappa shape index (κ2) is 9.70. The summed E-state index contributed by atoms with van der Waals surface area (Å²) in [5.74, 6) is -0.00507. The van der Waals surface area contributed by atoms with E-state index in [0.717, 1.165) is 6.54 Å². The topological polar surface area (TPSA) is 50.6 Å². The van der Waals surface area contributed by atoms with E-state index in [2.05, 4.69) is 5.32 Å². The molecule has 2 N–H and O–H groups in total. The van der Waals surface area contributed by atoms with Crippen LogP contribution in [0, 0.1) is 0 Å². The largest absolute Gasteiger partial charge is 0.350 e. The zero-order valence-corrected chi connectivity index (χ0v) is 17.0. The Morgan fingerprint density at radius 3 is 2.22 bits per heavy atom. The number of quaternary nitrogens is 1. The Bertz CT molecular complexity index is 632. The van der Waals surface area contributed by atoms with Crippen LogP contribution >= 0.6 is 11.6 Å². The summed E-state index contributed by atoms with van der Waals surface area (Å²) >= 11 is 5.86. The van der Waals surface area contributed by atoms with Crippen molar-refractivity contribution in [2.45, 2.75) is 69.7 Å². The predicted molar refractivity (Wildman–Crippen MR) is 108 cm³/mol. The van der Waals surface area contributed by atoms with E-state index < -0.39 is 0 Å². The first-order valence-corrected chi connectivity index (χ1v) is 10.9. The minimum Gasteiger partial charge on any atom is -0.350 e. The van der Waals surface area contributed by atoms with Gasteiger partial charge in [-0.1, -0.05) is 18.0 Å². The highest BCUT2D eigenvalue weighted by Crippen LogP contribution is 2.26. The van der Waals surface area contributed by atoms with Crippen LogP contribution in [0.15, 0.2) is 24.3 Å². The Labute approximate surface area is 167 Å². The van der Waals surface area contributed by atoms with E-state index in [0.29, 0.717) is 10.6 Å². The van der Waals surface area contributed by atoms with Gasteiger partial charge in [0.2, 0.25) is 5.91 Å². The molecule has 1 heterocycles. The lowest BCUT2D eigenvalue weighted by molar-refractivity contribution is -0.957. The van der Waals surface area contributed by atoms with Crippen molar-refractivity contribution >= 4 is 23.3 Å². The maximum Gasteiger partial charge on any atom is 0.220 e. The summed E-state index contributed by atoms with van der Waals surface area (Å²) < 4.78 is 0. The molecule has 1 aromatic carbocycles. The lowest BCUT2D eigenvalue weighted by Crippen LogP contribution is -3.22. The van der Waals surface area contributed by atoms with Gasteiger partial charge >= 0.3 is 0 Å². The van der Waals surface area contributed by atoms with Gasteiger partial charge in [-0.2, -0.15) is 0 Å². The van der Waals surface area contributed by atoms with E-state index in [1.54, 1.807) is 29.2 Å². The number of Topliss-reactive ketones (excluding diaryl/α,β-unsaturated/α-hetero) is 1. The molecule has 2 aliphatic rings. The predicted octanol–water partition coefficient (Wildman–Crippen LogP) is 3.19. The number of rotatable bonds is 7. The molecule has 5 heteroatoms. The van der Waals surface area contributed by atoms with Crippen molar-refractivity contribution < 1.29 is 14.5 Å². The van der Waals surface area contributed by atoms with E-state index in [1.165, 1.54) is 64.5 Å². The van der Waals surface area contributed by atoms with Crippen molar-refractivity contribution in [3.05, 3.63) is 34.9 Å². The van der Waals surface area contributed by atoms with Gasteiger partial charge in [-0.25, -0.2) is 0 Å². The van der Waals surface area contributed by atoms with Gasteiger partial charge in [0, 0.05) is 36.3 Å². The monoisotopic (exact) mass is 391 g/mol. The molecule has 0 bridgehead atoms. The van der Waals surface area contributed by atoms with Gasteiger partial charge in [0.1, 0.15) is 5.54 Å². The fraction of sp³-hybridized carbons (Fsp3) is 0.636. The lowest BCUT2D eigenvalue weighted by atomic mass is 9.79. The molecule has 0 spiro atoms. The van der Waals surface area contributed by atoms with Gasteiger partial charge in [-0.3, -0.25) is 9.59 Å². The maximum absolute atomic E-state index is 12.4. The van der Waals surface area contributed by atoms with Crippen LogP contribution in [0.25, 0.3) is 0 Å². The average molecular weight is 392 g/mol. The van der Waals surface area contributed by atoms with Crippen molar-refractivity contribution in [3.63, 3.8) is 0 Å². The first-order valence-electron chi connectivity index (χ1n) is 10.5. The summed E-state index contributed by atoms with van der Waals surface area (Å²) in [6.45, 7) is 3.24. The van der Waals surface area contributed by atoms with Crippen molar-refractivity contribution in [3.8, 4) is 0 Å². The Hall–Kier alpha value is -1.39. The zero-order chi connectivity index (χ0) is 19.1. The second-order valence-electron chi connectivity index (χ2n) is 8.21. The Morgan fingerprint density at radius 1 is 0.926 bits per heavy atom. The minimum atomic E-state index is -0.00384. The molecule has 1 saturated heterocycles. The van der Waals surface area contributed by atoms with Crippen LogP contribution in [0.5, 0.6) is 0 Å². The number of carbonyl (C=O) groups is 2. The standard InChI is InChI=1S/C22H31ClN2O2/c23-19-9-7-18(8-10-19)20(26)11-12-21(27)24-17-22(13-3-1-4-14-22)25-15-5-2-6-16-25/h7-10H,1-6,11-17H2,(H,24,27)/p+1. The maximum atomic E-state index is 12.4. The first-order chi connectivity index (χ1) is 13.1. The van der Waals surface area contributed by atoms with E-state index in [1.807, 2.05) is 0 Å². The van der Waals surface area contributed by atoms with E-state index in [4.69, 9.17) is 11.6 Å². The van der Waals surface area contributed by atoms with Gasteiger partial charge in [0.25, 0.3) is 0 Å². The molecule has 3 rings (SSSR count). The number of nitrogens with one attached hydrogen (secondary N) is 2. The number of ketones is 1. The Morgan fingerprint density at radius 2 is 1.56 bits per heavy atom. The molecule has 4 nitrogen and oxygen atoms in total. The summed E-state index contributed by atoms with van der Waals surface area (Å²) in [5, 5.41) is 3.79. The summed E-state index contributed by atoms with van der Waals surface area (Å²) in [4.78, 5) is 26.4. The van der Waals surface area contributed by atoms with Crippen LogP contribution < -0.4 is 10.2 Å². The summed E-state index contributed by atoms with van der Waals surface area (Å²) in [6, 6.07) is 6.87. The molecule has 2 fully saturated rings.